The molecule has 0 aliphatic carbocycles. The van der Waals surface area contributed by atoms with Crippen molar-refractivity contribution in [2.45, 2.75) is 13.2 Å². The molecule has 7 nitrogen and oxygen atoms in total. The molecule has 0 atom stereocenters. The second kappa shape index (κ2) is 8.72. The smallest absolute Gasteiger partial charge is 0.423 e. The van der Waals surface area contributed by atoms with Gasteiger partial charge in [-0.1, -0.05) is 17.7 Å². The van der Waals surface area contributed by atoms with Gasteiger partial charge in [0.1, 0.15) is 29.0 Å². The number of benzene rings is 2. The number of fused-ring (bicyclic) bond motifs is 1. The topological polar surface area (TPSA) is 85.5 Å². The molecule has 10 heteroatoms. The van der Waals surface area contributed by atoms with Gasteiger partial charge in [-0.2, -0.15) is 0 Å². The molecule has 32 heavy (non-hydrogen) atoms. The zero-order valence-corrected chi connectivity index (χ0v) is 17.1. The van der Waals surface area contributed by atoms with Crippen molar-refractivity contribution in [3.8, 4) is 5.75 Å². The van der Waals surface area contributed by atoms with Gasteiger partial charge in [0.05, 0.1) is 12.1 Å². The highest BCUT2D eigenvalue weighted by atomic mass is 35.5. The fraction of sp³-hybridized carbons (Fsp3) is 0.0909. The Morgan fingerprint density at radius 2 is 1.91 bits per heavy atom. The molecule has 0 saturated heterocycles. The number of nitrogens with one attached hydrogen (secondary N) is 1. The second-order valence-electron chi connectivity index (χ2n) is 6.95. The van der Waals surface area contributed by atoms with Gasteiger partial charge in [-0.25, -0.2) is 19.0 Å². The Labute approximate surface area is 185 Å². The summed E-state index contributed by atoms with van der Waals surface area (Å²) in [6.45, 7) is 0.00618. The van der Waals surface area contributed by atoms with E-state index in [0.717, 1.165) is 23.1 Å². The first-order valence-electron chi connectivity index (χ1n) is 9.37. The first-order chi connectivity index (χ1) is 15.3. The van der Waals surface area contributed by atoms with Crippen LogP contribution in [0.25, 0.3) is 10.9 Å². The molecule has 0 fully saturated rings. The number of halogens is 3. The van der Waals surface area contributed by atoms with Gasteiger partial charge in [-0.15, -0.1) is 0 Å². The van der Waals surface area contributed by atoms with Crippen molar-refractivity contribution in [3.05, 3.63) is 99.1 Å². The van der Waals surface area contributed by atoms with Gasteiger partial charge < -0.3 is 14.4 Å². The lowest BCUT2D eigenvalue weighted by molar-refractivity contribution is 0.206. The van der Waals surface area contributed by atoms with Gasteiger partial charge in [0.15, 0.2) is 0 Å². The number of aromatic nitrogens is 2. The Kier molecular flexibility index (Phi) is 5.83. The molecule has 164 valence electrons. The number of amides is 1. The lowest BCUT2D eigenvalue weighted by atomic mass is 10.1. The molecule has 0 saturated carbocycles. The fourth-order valence-electron chi connectivity index (χ4n) is 3.25. The van der Waals surface area contributed by atoms with Crippen LogP contribution in [0.1, 0.15) is 11.1 Å². The van der Waals surface area contributed by atoms with Crippen molar-refractivity contribution >= 4 is 28.6 Å². The molecule has 0 unspecified atom stereocenters. The lowest BCUT2D eigenvalue weighted by Gasteiger charge is -2.12. The van der Waals surface area contributed by atoms with Crippen LogP contribution in [0.2, 0.25) is 5.02 Å². The summed E-state index contributed by atoms with van der Waals surface area (Å²) in [4.78, 5) is 23.5. The van der Waals surface area contributed by atoms with E-state index in [9.17, 15) is 18.4 Å². The highest BCUT2D eigenvalue weighted by molar-refractivity contribution is 6.31. The van der Waals surface area contributed by atoms with E-state index in [1.807, 2.05) is 6.07 Å². The highest BCUT2D eigenvalue weighted by Crippen LogP contribution is 2.23. The van der Waals surface area contributed by atoms with Crippen LogP contribution in [0.3, 0.4) is 0 Å². The van der Waals surface area contributed by atoms with Crippen LogP contribution >= 0.6 is 11.6 Å². The first kappa shape index (κ1) is 21.4. The Hall–Kier alpha value is -3.85. The number of hydrogen-bond acceptors (Lipinski definition) is 3. The van der Waals surface area contributed by atoms with Crippen LogP contribution in [0.4, 0.5) is 13.6 Å². The van der Waals surface area contributed by atoms with Crippen molar-refractivity contribution in [1.82, 2.24) is 9.24 Å². The highest BCUT2D eigenvalue weighted by Gasteiger charge is 2.12. The van der Waals surface area contributed by atoms with Gasteiger partial charge in [-0.3, -0.25) is 9.47 Å². The average molecular weight is 460 g/mol. The third-order valence-electron chi connectivity index (χ3n) is 4.79. The number of carbonyl (C=O) groups is 1. The van der Waals surface area contributed by atoms with Crippen molar-refractivity contribution in [2.24, 2.45) is 0 Å². The predicted molar refractivity (Wildman–Crippen MR) is 115 cm³/mol. The van der Waals surface area contributed by atoms with E-state index in [0.29, 0.717) is 5.52 Å². The molecule has 0 aliphatic rings. The van der Waals surface area contributed by atoms with Crippen molar-refractivity contribution < 1.29 is 23.4 Å². The normalized spacial score (nSPS) is 11.0. The van der Waals surface area contributed by atoms with E-state index in [2.05, 4.69) is 5.43 Å². The molecule has 1 amide bonds. The maximum Gasteiger partial charge on any atom is 0.423 e. The fourth-order valence-corrected chi connectivity index (χ4v) is 3.47. The van der Waals surface area contributed by atoms with E-state index >= 15 is 0 Å². The van der Waals surface area contributed by atoms with Gasteiger partial charge in [0.2, 0.25) is 0 Å². The van der Waals surface area contributed by atoms with Gasteiger partial charge in [0.25, 0.3) is 5.56 Å². The molecule has 2 aromatic carbocycles. The Morgan fingerprint density at radius 1 is 1.09 bits per heavy atom. The van der Waals surface area contributed by atoms with Crippen LogP contribution in [-0.4, -0.2) is 20.4 Å². The van der Waals surface area contributed by atoms with Crippen LogP contribution in [0.5, 0.6) is 5.75 Å². The SMILES string of the molecule is O=C(O)Nn1ccc2cc(Cn3ccc(OCc4ccc(F)cc4F)c(Cl)c3=O)ccc21. The van der Waals surface area contributed by atoms with Gasteiger partial charge >= 0.3 is 6.09 Å². The minimum atomic E-state index is -1.18. The van der Waals surface area contributed by atoms with E-state index in [-0.39, 0.29) is 29.5 Å². The lowest BCUT2D eigenvalue weighted by Crippen LogP contribution is -2.21. The number of rotatable bonds is 6. The molecular weight excluding hydrogens is 444 g/mol. The average Bonchev–Trinajstić information content (AvgIpc) is 3.13. The van der Waals surface area contributed by atoms with Gasteiger partial charge in [-0.05, 0) is 42.0 Å². The maximum absolute atomic E-state index is 13.8. The number of carboxylic acid groups (broad SMARTS) is 1. The Bertz CT molecular complexity index is 1380. The second-order valence-corrected chi connectivity index (χ2v) is 7.33. The number of hydrogen-bond donors (Lipinski definition) is 2. The summed E-state index contributed by atoms with van der Waals surface area (Å²) in [5.41, 5.74) is 3.35. The molecular formula is C22H16ClF2N3O4. The largest absolute Gasteiger partial charge is 0.487 e. The van der Waals surface area contributed by atoms with E-state index in [4.69, 9.17) is 21.4 Å². The molecule has 0 radical (unpaired) electrons. The summed E-state index contributed by atoms with van der Waals surface area (Å²) < 4.78 is 35.0. The van der Waals surface area contributed by atoms with Crippen LogP contribution in [0.15, 0.2) is 65.7 Å². The zero-order chi connectivity index (χ0) is 22.8. The molecule has 0 aliphatic heterocycles. The molecule has 0 spiro atoms. The first-order valence-corrected chi connectivity index (χ1v) is 9.75. The van der Waals surface area contributed by atoms with E-state index in [1.54, 1.807) is 24.4 Å². The molecule has 4 rings (SSSR count). The summed E-state index contributed by atoms with van der Waals surface area (Å²) in [5.74, 6) is -1.36. The van der Waals surface area contributed by atoms with Crippen LogP contribution in [0, 0.1) is 11.6 Å². The summed E-state index contributed by atoms with van der Waals surface area (Å²) in [6, 6.07) is 11.7. The van der Waals surface area contributed by atoms with Crippen molar-refractivity contribution in [2.75, 3.05) is 5.43 Å². The minimum Gasteiger partial charge on any atom is -0.487 e. The summed E-state index contributed by atoms with van der Waals surface area (Å²) in [5, 5.41) is 9.50. The van der Waals surface area contributed by atoms with Crippen molar-refractivity contribution in [1.29, 1.82) is 0 Å². The number of ether oxygens (including phenoxy) is 1. The Balaban J connectivity index is 1.52. The third kappa shape index (κ3) is 4.42. The molecule has 2 N–H and O–H groups in total. The Morgan fingerprint density at radius 3 is 2.66 bits per heavy atom. The maximum atomic E-state index is 13.8. The van der Waals surface area contributed by atoms with E-state index < -0.39 is 23.3 Å². The summed E-state index contributed by atoms with van der Waals surface area (Å²) >= 11 is 6.16. The summed E-state index contributed by atoms with van der Waals surface area (Å²) in [7, 11) is 0. The monoisotopic (exact) mass is 459 g/mol. The zero-order valence-electron chi connectivity index (χ0n) is 16.4. The predicted octanol–water partition coefficient (Wildman–Crippen LogP) is 4.58. The molecule has 2 aromatic heterocycles. The van der Waals surface area contributed by atoms with E-state index in [1.165, 1.54) is 27.6 Å². The minimum absolute atomic E-state index is 0.0870. The van der Waals surface area contributed by atoms with Crippen LogP contribution < -0.4 is 15.7 Å². The molecule has 4 aromatic rings. The molecule has 2 heterocycles. The number of nitrogens with zero attached hydrogens (tertiary/aromatic N) is 2. The van der Waals surface area contributed by atoms with Gasteiger partial charge in [0, 0.05) is 29.4 Å². The van der Waals surface area contributed by atoms with Crippen LogP contribution in [-0.2, 0) is 13.2 Å². The number of pyridine rings is 1. The summed E-state index contributed by atoms with van der Waals surface area (Å²) in [6.07, 6.45) is 1.91. The van der Waals surface area contributed by atoms with Crippen molar-refractivity contribution in [3.63, 3.8) is 0 Å². The third-order valence-corrected chi connectivity index (χ3v) is 5.14. The molecule has 0 bridgehead atoms. The standard InChI is InChI=1S/C22H16ClF2N3O4/c23-20-19(32-12-15-2-3-16(24)10-17(15)25)6-7-27(21(20)29)11-13-1-4-18-14(9-13)5-8-28(18)26-22(30)31/h1-10,26H,11-12H2,(H,30,31). The quantitative estimate of drug-likeness (QED) is 0.442.